The van der Waals surface area contributed by atoms with E-state index in [4.69, 9.17) is 0 Å². The first-order valence-corrected chi connectivity index (χ1v) is 9.86. The monoisotopic (exact) mass is 417 g/mol. The van der Waals surface area contributed by atoms with Crippen molar-refractivity contribution in [3.05, 3.63) is 101 Å². The predicted molar refractivity (Wildman–Crippen MR) is 122 cm³/mol. The fourth-order valence-electron chi connectivity index (χ4n) is 3.31. The van der Waals surface area contributed by atoms with Crippen LogP contribution in [0.4, 0.5) is 0 Å². The van der Waals surface area contributed by atoms with E-state index >= 15 is 0 Å². The Balaban J connectivity index is 0.000000659. The SMILES string of the molecule is C=CC.Cc1c(C)n(-c2ccc(-c3ccccc3)cc2)c2ccc(Br)cc12. The van der Waals surface area contributed by atoms with Gasteiger partial charge in [0.1, 0.15) is 0 Å². The van der Waals surface area contributed by atoms with Crippen molar-refractivity contribution in [2.75, 3.05) is 0 Å². The highest BCUT2D eigenvalue weighted by molar-refractivity contribution is 9.10. The van der Waals surface area contributed by atoms with E-state index in [1.807, 2.05) is 13.0 Å². The first-order valence-electron chi connectivity index (χ1n) is 9.07. The lowest BCUT2D eigenvalue weighted by Gasteiger charge is -2.10. The van der Waals surface area contributed by atoms with Crippen LogP contribution < -0.4 is 0 Å². The van der Waals surface area contributed by atoms with Gasteiger partial charge in [0.15, 0.2) is 0 Å². The molecule has 0 N–H and O–H groups in total. The van der Waals surface area contributed by atoms with Gasteiger partial charge in [-0.25, -0.2) is 0 Å². The van der Waals surface area contributed by atoms with Crippen LogP contribution >= 0.6 is 15.9 Å². The van der Waals surface area contributed by atoms with Gasteiger partial charge < -0.3 is 4.57 Å². The minimum absolute atomic E-state index is 1.12. The molecule has 0 unspecified atom stereocenters. The molecule has 4 rings (SSSR count). The van der Waals surface area contributed by atoms with E-state index < -0.39 is 0 Å². The van der Waals surface area contributed by atoms with Gasteiger partial charge >= 0.3 is 0 Å². The maximum Gasteiger partial charge on any atom is 0.0534 e. The molecule has 4 aromatic rings. The number of benzene rings is 3. The van der Waals surface area contributed by atoms with Crippen LogP contribution in [0.5, 0.6) is 0 Å². The normalized spacial score (nSPS) is 10.4. The summed E-state index contributed by atoms with van der Waals surface area (Å²) in [4.78, 5) is 0. The Morgan fingerprint density at radius 2 is 1.44 bits per heavy atom. The van der Waals surface area contributed by atoms with E-state index in [0.29, 0.717) is 0 Å². The first kappa shape index (κ1) is 19.2. The summed E-state index contributed by atoms with van der Waals surface area (Å²) in [7, 11) is 0. The van der Waals surface area contributed by atoms with E-state index in [9.17, 15) is 0 Å². The zero-order chi connectivity index (χ0) is 19.4. The standard InChI is InChI=1S/C22H18BrN.C3H6/c1-15-16(2)24(22-13-10-19(23)14-21(15)22)20-11-8-18(9-12-20)17-6-4-3-5-7-17;1-3-2/h3-14H,1-2H3;3H,1H2,2H3. The van der Waals surface area contributed by atoms with Crippen LogP contribution in [-0.2, 0) is 0 Å². The van der Waals surface area contributed by atoms with Gasteiger partial charge in [-0.05, 0) is 67.8 Å². The van der Waals surface area contributed by atoms with Crippen LogP contribution in [0.3, 0.4) is 0 Å². The number of hydrogen-bond donors (Lipinski definition) is 0. The average Bonchev–Trinajstić information content (AvgIpc) is 2.94. The summed E-state index contributed by atoms with van der Waals surface area (Å²) < 4.78 is 3.46. The quantitative estimate of drug-likeness (QED) is 0.292. The molecule has 0 aliphatic carbocycles. The molecule has 3 aromatic carbocycles. The topological polar surface area (TPSA) is 4.93 Å². The number of rotatable bonds is 2. The van der Waals surface area contributed by atoms with Crippen LogP contribution in [-0.4, -0.2) is 4.57 Å². The van der Waals surface area contributed by atoms with Gasteiger partial charge in [-0.2, -0.15) is 0 Å². The summed E-state index contributed by atoms with van der Waals surface area (Å²) in [6.45, 7) is 9.63. The molecule has 0 spiro atoms. The Kier molecular flexibility index (Phi) is 5.98. The molecule has 1 nitrogen and oxygen atoms in total. The summed E-state index contributed by atoms with van der Waals surface area (Å²) in [5.74, 6) is 0. The van der Waals surface area contributed by atoms with Gasteiger partial charge in [0.05, 0.1) is 5.52 Å². The zero-order valence-electron chi connectivity index (χ0n) is 16.0. The summed E-state index contributed by atoms with van der Waals surface area (Å²) in [5.41, 5.74) is 7.56. The maximum absolute atomic E-state index is 3.58. The molecular formula is C25H24BrN. The Morgan fingerprint density at radius 1 is 0.852 bits per heavy atom. The fraction of sp³-hybridized carbons (Fsp3) is 0.120. The summed E-state index contributed by atoms with van der Waals surface area (Å²) in [5, 5.41) is 1.30. The number of fused-ring (bicyclic) bond motifs is 1. The van der Waals surface area contributed by atoms with Gasteiger partial charge in [0, 0.05) is 21.2 Å². The summed E-state index contributed by atoms with van der Waals surface area (Å²) in [6, 6.07) is 25.8. The number of halogens is 1. The highest BCUT2D eigenvalue weighted by atomic mass is 79.9. The molecule has 0 atom stereocenters. The van der Waals surface area contributed by atoms with Crippen molar-refractivity contribution in [2.24, 2.45) is 0 Å². The van der Waals surface area contributed by atoms with Crippen molar-refractivity contribution in [3.8, 4) is 16.8 Å². The average molecular weight is 418 g/mol. The number of hydrogen-bond acceptors (Lipinski definition) is 0. The Morgan fingerprint density at radius 3 is 2.07 bits per heavy atom. The summed E-state index contributed by atoms with van der Waals surface area (Å²) in [6.07, 6.45) is 1.75. The van der Waals surface area contributed by atoms with Gasteiger partial charge in [0.2, 0.25) is 0 Å². The van der Waals surface area contributed by atoms with Crippen molar-refractivity contribution in [2.45, 2.75) is 20.8 Å². The Hall–Kier alpha value is -2.58. The molecule has 0 bridgehead atoms. The third-order valence-electron chi connectivity index (χ3n) is 4.71. The number of allylic oxidation sites excluding steroid dienone is 1. The molecule has 0 radical (unpaired) electrons. The van der Waals surface area contributed by atoms with Crippen LogP contribution in [0.15, 0.2) is 89.9 Å². The second-order valence-corrected chi connectivity index (χ2v) is 7.44. The lowest BCUT2D eigenvalue weighted by molar-refractivity contribution is 1.04. The van der Waals surface area contributed by atoms with Crippen LogP contribution in [0.2, 0.25) is 0 Å². The van der Waals surface area contributed by atoms with Crippen LogP contribution in [0.25, 0.3) is 27.7 Å². The Labute approximate surface area is 170 Å². The van der Waals surface area contributed by atoms with Crippen LogP contribution in [0, 0.1) is 13.8 Å². The first-order chi connectivity index (χ1) is 13.1. The second kappa shape index (κ2) is 8.41. The van der Waals surface area contributed by atoms with E-state index in [1.165, 1.54) is 39.0 Å². The van der Waals surface area contributed by atoms with Crippen LogP contribution in [0.1, 0.15) is 18.2 Å². The van der Waals surface area contributed by atoms with Crippen molar-refractivity contribution < 1.29 is 0 Å². The van der Waals surface area contributed by atoms with Gasteiger partial charge in [0.25, 0.3) is 0 Å². The minimum Gasteiger partial charge on any atom is -0.314 e. The van der Waals surface area contributed by atoms with Gasteiger partial charge in [-0.1, -0.05) is 64.5 Å². The highest BCUT2D eigenvalue weighted by Gasteiger charge is 2.12. The number of aryl methyl sites for hydroxylation is 1. The third-order valence-corrected chi connectivity index (χ3v) is 5.21. The van der Waals surface area contributed by atoms with E-state index in [-0.39, 0.29) is 0 Å². The fourth-order valence-corrected chi connectivity index (χ4v) is 3.67. The molecule has 0 amide bonds. The molecule has 0 saturated carbocycles. The minimum atomic E-state index is 1.12. The molecule has 0 aliphatic heterocycles. The second-order valence-electron chi connectivity index (χ2n) is 6.53. The Bertz CT molecular complexity index is 1060. The lowest BCUT2D eigenvalue weighted by atomic mass is 10.1. The predicted octanol–water partition coefficient (Wildman–Crippen LogP) is 7.87. The third kappa shape index (κ3) is 3.91. The molecule has 27 heavy (non-hydrogen) atoms. The maximum atomic E-state index is 3.58. The van der Waals surface area contributed by atoms with E-state index in [0.717, 1.165) is 4.47 Å². The molecule has 136 valence electrons. The molecule has 0 saturated heterocycles. The molecule has 0 aliphatic rings. The molecule has 1 heterocycles. The smallest absolute Gasteiger partial charge is 0.0534 e. The molecule has 0 fully saturated rings. The molecule has 2 heteroatoms. The van der Waals surface area contributed by atoms with E-state index in [1.54, 1.807) is 6.08 Å². The van der Waals surface area contributed by atoms with Crippen molar-refractivity contribution in [3.63, 3.8) is 0 Å². The van der Waals surface area contributed by atoms with Crippen molar-refractivity contribution in [1.82, 2.24) is 4.57 Å². The van der Waals surface area contributed by atoms with E-state index in [2.05, 4.69) is 108 Å². The van der Waals surface area contributed by atoms with Gasteiger partial charge in [-0.15, -0.1) is 6.58 Å². The number of aromatic nitrogens is 1. The zero-order valence-corrected chi connectivity index (χ0v) is 17.6. The largest absolute Gasteiger partial charge is 0.314 e. The molecule has 1 aromatic heterocycles. The van der Waals surface area contributed by atoms with Gasteiger partial charge in [-0.3, -0.25) is 0 Å². The van der Waals surface area contributed by atoms with Crippen molar-refractivity contribution in [1.29, 1.82) is 0 Å². The summed E-state index contributed by atoms with van der Waals surface area (Å²) >= 11 is 3.58. The van der Waals surface area contributed by atoms with Crippen molar-refractivity contribution >= 4 is 26.8 Å². The molecular weight excluding hydrogens is 394 g/mol. The lowest BCUT2D eigenvalue weighted by Crippen LogP contribution is -1.96. The number of nitrogens with zero attached hydrogens (tertiary/aromatic N) is 1. The highest BCUT2D eigenvalue weighted by Crippen LogP contribution is 2.31.